The molecular formula is C8H11IN2O2. The van der Waals surface area contributed by atoms with Crippen molar-refractivity contribution in [1.82, 2.24) is 9.78 Å². The fraction of sp³-hybridized carbons (Fsp3) is 0.500. The topological polar surface area (TPSA) is 55.1 Å². The standard InChI is InChI=1S/C8H11IN2O2/c1-4(2)6-5(8(12)13)7(9)11(3)10-6/h4H,1-3H3,(H,12,13). The number of carboxylic acids is 1. The van der Waals surface area contributed by atoms with Gasteiger partial charge in [-0.2, -0.15) is 5.10 Å². The lowest BCUT2D eigenvalue weighted by atomic mass is 10.1. The number of carbonyl (C=O) groups is 1. The van der Waals surface area contributed by atoms with Crippen LogP contribution >= 0.6 is 22.6 Å². The van der Waals surface area contributed by atoms with Gasteiger partial charge in [-0.3, -0.25) is 4.68 Å². The average molecular weight is 294 g/mol. The molecule has 0 aromatic carbocycles. The van der Waals surface area contributed by atoms with Gasteiger partial charge in [0.2, 0.25) is 0 Å². The summed E-state index contributed by atoms with van der Waals surface area (Å²) in [6.07, 6.45) is 0. The summed E-state index contributed by atoms with van der Waals surface area (Å²) < 4.78 is 2.27. The highest BCUT2D eigenvalue weighted by Crippen LogP contribution is 2.22. The summed E-state index contributed by atoms with van der Waals surface area (Å²) >= 11 is 1.99. The fourth-order valence-electron chi connectivity index (χ4n) is 1.12. The van der Waals surface area contributed by atoms with Crippen molar-refractivity contribution in [2.45, 2.75) is 19.8 Å². The highest BCUT2D eigenvalue weighted by Gasteiger charge is 2.21. The largest absolute Gasteiger partial charge is 0.478 e. The Balaban J connectivity index is 3.35. The van der Waals surface area contributed by atoms with Crippen molar-refractivity contribution < 1.29 is 9.90 Å². The van der Waals surface area contributed by atoms with Gasteiger partial charge in [0.1, 0.15) is 9.26 Å². The Hall–Kier alpha value is -0.590. The lowest BCUT2D eigenvalue weighted by Gasteiger charge is -2.00. The van der Waals surface area contributed by atoms with Gasteiger partial charge in [0.25, 0.3) is 0 Å². The van der Waals surface area contributed by atoms with Gasteiger partial charge in [0, 0.05) is 7.05 Å². The number of carboxylic acid groups (broad SMARTS) is 1. The molecule has 0 fully saturated rings. The number of aromatic carboxylic acids is 1. The second kappa shape index (κ2) is 3.65. The SMILES string of the molecule is CC(C)c1nn(C)c(I)c1C(=O)O. The van der Waals surface area contributed by atoms with E-state index in [1.54, 1.807) is 11.7 Å². The molecule has 4 nitrogen and oxygen atoms in total. The molecule has 1 rings (SSSR count). The molecule has 0 spiro atoms. The molecule has 0 aliphatic heterocycles. The summed E-state index contributed by atoms with van der Waals surface area (Å²) in [5, 5.41) is 13.1. The molecule has 0 unspecified atom stereocenters. The first-order valence-electron chi connectivity index (χ1n) is 3.90. The molecule has 13 heavy (non-hydrogen) atoms. The highest BCUT2D eigenvalue weighted by molar-refractivity contribution is 14.1. The van der Waals surface area contributed by atoms with Crippen molar-refractivity contribution in [1.29, 1.82) is 0 Å². The maximum Gasteiger partial charge on any atom is 0.340 e. The van der Waals surface area contributed by atoms with Crippen LogP contribution in [0.2, 0.25) is 0 Å². The number of halogens is 1. The van der Waals surface area contributed by atoms with E-state index in [1.165, 1.54) is 0 Å². The molecule has 0 amide bonds. The number of rotatable bonds is 2. The van der Waals surface area contributed by atoms with E-state index in [1.807, 2.05) is 36.4 Å². The van der Waals surface area contributed by atoms with Gasteiger partial charge >= 0.3 is 5.97 Å². The quantitative estimate of drug-likeness (QED) is 0.847. The lowest BCUT2D eigenvalue weighted by Crippen LogP contribution is -2.03. The van der Waals surface area contributed by atoms with Crippen LogP contribution in [-0.4, -0.2) is 20.9 Å². The molecule has 0 saturated carbocycles. The molecule has 1 heterocycles. The molecule has 1 aromatic rings. The normalized spacial score (nSPS) is 10.8. The van der Waals surface area contributed by atoms with Crippen LogP contribution in [0.5, 0.6) is 0 Å². The highest BCUT2D eigenvalue weighted by atomic mass is 127. The third-order valence-corrected chi connectivity index (χ3v) is 3.00. The summed E-state index contributed by atoms with van der Waals surface area (Å²) in [5.41, 5.74) is 0.984. The van der Waals surface area contributed by atoms with E-state index in [2.05, 4.69) is 5.10 Å². The monoisotopic (exact) mass is 294 g/mol. The van der Waals surface area contributed by atoms with Crippen molar-refractivity contribution in [2.24, 2.45) is 7.05 Å². The Kier molecular flexibility index (Phi) is 2.94. The fourth-order valence-corrected chi connectivity index (χ4v) is 1.74. The minimum atomic E-state index is -0.902. The molecule has 1 aromatic heterocycles. The second-order valence-electron chi connectivity index (χ2n) is 3.13. The van der Waals surface area contributed by atoms with Crippen LogP contribution in [0.3, 0.4) is 0 Å². The van der Waals surface area contributed by atoms with E-state index < -0.39 is 5.97 Å². The number of hydrogen-bond acceptors (Lipinski definition) is 2. The van der Waals surface area contributed by atoms with E-state index >= 15 is 0 Å². The average Bonchev–Trinajstić information content (AvgIpc) is 2.28. The molecule has 72 valence electrons. The summed E-state index contributed by atoms with van der Waals surface area (Å²) in [4.78, 5) is 10.9. The maximum atomic E-state index is 10.9. The Morgan fingerprint density at radius 1 is 1.62 bits per heavy atom. The zero-order chi connectivity index (χ0) is 10.2. The van der Waals surface area contributed by atoms with E-state index in [-0.39, 0.29) is 5.92 Å². The van der Waals surface area contributed by atoms with Gasteiger partial charge in [0.15, 0.2) is 0 Å². The van der Waals surface area contributed by atoms with Crippen LogP contribution in [0.1, 0.15) is 35.8 Å². The van der Waals surface area contributed by atoms with Crippen LogP contribution in [0, 0.1) is 3.70 Å². The molecule has 5 heteroatoms. The van der Waals surface area contributed by atoms with Crippen molar-refractivity contribution >= 4 is 28.6 Å². The maximum absolute atomic E-state index is 10.9. The van der Waals surface area contributed by atoms with Crippen molar-refractivity contribution in [3.63, 3.8) is 0 Å². The van der Waals surface area contributed by atoms with Crippen LogP contribution in [0.25, 0.3) is 0 Å². The first kappa shape index (κ1) is 10.5. The van der Waals surface area contributed by atoms with E-state index in [9.17, 15) is 4.79 Å². The zero-order valence-corrected chi connectivity index (χ0v) is 9.86. The predicted molar refractivity (Wildman–Crippen MR) is 57.0 cm³/mol. The molecule has 0 bridgehead atoms. The van der Waals surface area contributed by atoms with E-state index in [4.69, 9.17) is 5.11 Å². The van der Waals surface area contributed by atoms with Gasteiger partial charge in [0.05, 0.1) is 5.69 Å². The number of aromatic nitrogens is 2. The van der Waals surface area contributed by atoms with Crippen molar-refractivity contribution in [3.05, 3.63) is 15.0 Å². The van der Waals surface area contributed by atoms with Crippen LogP contribution in [0.15, 0.2) is 0 Å². The molecule has 0 saturated heterocycles. The van der Waals surface area contributed by atoms with Gasteiger partial charge in [-0.15, -0.1) is 0 Å². The summed E-state index contributed by atoms with van der Waals surface area (Å²) in [6.45, 7) is 3.87. The van der Waals surface area contributed by atoms with Crippen molar-refractivity contribution in [3.8, 4) is 0 Å². The molecule has 1 N–H and O–H groups in total. The third kappa shape index (κ3) is 1.84. The van der Waals surface area contributed by atoms with Crippen LogP contribution in [-0.2, 0) is 7.05 Å². The van der Waals surface area contributed by atoms with Crippen LogP contribution in [0.4, 0.5) is 0 Å². The molecule has 0 aliphatic rings. The molecule has 0 aliphatic carbocycles. The molecular weight excluding hydrogens is 283 g/mol. The van der Waals surface area contributed by atoms with Gasteiger partial charge in [-0.05, 0) is 28.5 Å². The first-order valence-corrected chi connectivity index (χ1v) is 4.98. The molecule has 0 radical (unpaired) electrons. The van der Waals surface area contributed by atoms with Crippen molar-refractivity contribution in [2.75, 3.05) is 0 Å². The molecule has 0 atom stereocenters. The summed E-state index contributed by atoms with van der Waals surface area (Å²) in [6, 6.07) is 0. The predicted octanol–water partition coefficient (Wildman–Crippen LogP) is 1.85. The number of nitrogens with zero attached hydrogens (tertiary/aromatic N) is 2. The summed E-state index contributed by atoms with van der Waals surface area (Å²) in [7, 11) is 1.75. The number of aryl methyl sites for hydroxylation is 1. The second-order valence-corrected chi connectivity index (χ2v) is 4.16. The van der Waals surface area contributed by atoms with Gasteiger partial charge in [-0.1, -0.05) is 13.8 Å². The minimum absolute atomic E-state index is 0.140. The van der Waals surface area contributed by atoms with Gasteiger partial charge < -0.3 is 5.11 Å². The van der Waals surface area contributed by atoms with Crippen LogP contribution < -0.4 is 0 Å². The zero-order valence-electron chi connectivity index (χ0n) is 7.71. The first-order chi connectivity index (χ1) is 5.95. The third-order valence-electron chi connectivity index (χ3n) is 1.77. The Bertz CT molecular complexity index is 344. The minimum Gasteiger partial charge on any atom is -0.478 e. The Morgan fingerprint density at radius 2 is 2.15 bits per heavy atom. The van der Waals surface area contributed by atoms with E-state index in [0.717, 1.165) is 0 Å². The van der Waals surface area contributed by atoms with E-state index in [0.29, 0.717) is 15.0 Å². The number of hydrogen-bond donors (Lipinski definition) is 1. The Morgan fingerprint density at radius 3 is 2.46 bits per heavy atom. The lowest BCUT2D eigenvalue weighted by molar-refractivity contribution is 0.0694. The van der Waals surface area contributed by atoms with Gasteiger partial charge in [-0.25, -0.2) is 4.79 Å². The summed E-state index contributed by atoms with van der Waals surface area (Å²) in [5.74, 6) is -0.762. The smallest absolute Gasteiger partial charge is 0.340 e. The Labute approximate surface area is 90.1 Å².